The number of sulfone groups is 1. The average molecular weight is 336 g/mol. The summed E-state index contributed by atoms with van der Waals surface area (Å²) in [5, 5.41) is 2.88. The molecule has 2 heterocycles. The Hall–Kier alpha value is -0.900. The van der Waals surface area contributed by atoms with Crippen molar-refractivity contribution in [3.63, 3.8) is 0 Å². The van der Waals surface area contributed by atoms with Gasteiger partial charge in [0.15, 0.2) is 9.84 Å². The van der Waals surface area contributed by atoms with Crippen LogP contribution in [0.1, 0.15) is 24.9 Å². The zero-order valence-electron chi connectivity index (χ0n) is 12.3. The van der Waals surface area contributed by atoms with Crippen molar-refractivity contribution in [3.05, 3.63) is 17.6 Å². The minimum absolute atomic E-state index is 0.00138. The van der Waals surface area contributed by atoms with E-state index in [0.717, 1.165) is 0 Å². The Kier molecular flexibility index (Phi) is 4.22. The molecule has 2 rings (SSSR count). The fourth-order valence-corrected chi connectivity index (χ4v) is 6.35. The third-order valence-corrected chi connectivity index (χ3v) is 7.10. The van der Waals surface area contributed by atoms with Gasteiger partial charge in [-0.05, 0) is 27.3 Å². The third-order valence-electron chi connectivity index (χ3n) is 3.45. The van der Waals surface area contributed by atoms with E-state index >= 15 is 0 Å². The molecule has 2 N–H and O–H groups in total. The van der Waals surface area contributed by atoms with Gasteiger partial charge in [0.05, 0.1) is 18.1 Å². The van der Waals surface area contributed by atoms with Crippen LogP contribution in [-0.4, -0.2) is 40.9 Å². The number of sulfonamides is 1. The molecule has 1 saturated heterocycles. The van der Waals surface area contributed by atoms with Crippen molar-refractivity contribution in [3.8, 4) is 0 Å². The van der Waals surface area contributed by atoms with Crippen LogP contribution in [0.5, 0.6) is 0 Å². The normalized spacial score (nSPS) is 25.3. The van der Waals surface area contributed by atoms with Gasteiger partial charge in [0.25, 0.3) is 0 Å². The highest BCUT2D eigenvalue weighted by Crippen LogP contribution is 2.27. The number of hydrogen-bond acceptors (Lipinski definition) is 6. The average Bonchev–Trinajstić information content (AvgIpc) is 2.79. The topological polar surface area (TPSA) is 105 Å². The van der Waals surface area contributed by atoms with Gasteiger partial charge in [0.2, 0.25) is 10.0 Å². The highest BCUT2D eigenvalue weighted by Gasteiger charge is 2.42. The minimum Gasteiger partial charge on any atom is -0.464 e. The van der Waals surface area contributed by atoms with Crippen molar-refractivity contribution in [1.29, 1.82) is 0 Å². The van der Waals surface area contributed by atoms with E-state index in [1.54, 1.807) is 20.9 Å². The van der Waals surface area contributed by atoms with Crippen LogP contribution >= 0.6 is 0 Å². The van der Waals surface area contributed by atoms with Crippen molar-refractivity contribution < 1.29 is 21.3 Å². The van der Waals surface area contributed by atoms with E-state index in [2.05, 4.69) is 10.0 Å². The summed E-state index contributed by atoms with van der Waals surface area (Å²) in [6, 6.07) is 1.46. The lowest BCUT2D eigenvalue weighted by atomic mass is 10.0. The van der Waals surface area contributed by atoms with E-state index in [0.29, 0.717) is 12.3 Å². The number of hydrogen-bond donors (Lipinski definition) is 2. The van der Waals surface area contributed by atoms with Gasteiger partial charge in [-0.3, -0.25) is 0 Å². The van der Waals surface area contributed by atoms with Crippen molar-refractivity contribution in [2.45, 2.75) is 37.2 Å². The second-order valence-electron chi connectivity index (χ2n) is 5.67. The predicted octanol–water partition coefficient (Wildman–Crippen LogP) is 0.163. The first kappa shape index (κ1) is 16.5. The summed E-state index contributed by atoms with van der Waals surface area (Å²) in [6.45, 7) is 3.60. The quantitative estimate of drug-likeness (QED) is 0.794. The van der Waals surface area contributed by atoms with Gasteiger partial charge >= 0.3 is 0 Å². The molecular formula is C12H20N2O5S2. The maximum absolute atomic E-state index is 12.5. The van der Waals surface area contributed by atoms with E-state index in [1.807, 2.05) is 0 Å². The maximum Gasteiger partial charge on any atom is 0.244 e. The van der Waals surface area contributed by atoms with Gasteiger partial charge in [0.1, 0.15) is 16.4 Å². The number of aryl methyl sites for hydroxylation is 1. The van der Waals surface area contributed by atoms with Crippen LogP contribution in [0.4, 0.5) is 0 Å². The summed E-state index contributed by atoms with van der Waals surface area (Å²) in [5.74, 6) is 0.623. The minimum atomic E-state index is -3.82. The highest BCUT2D eigenvalue weighted by molar-refractivity contribution is 7.92. The van der Waals surface area contributed by atoms with Crippen LogP contribution in [0.3, 0.4) is 0 Å². The molecule has 1 aromatic heterocycles. The van der Waals surface area contributed by atoms with Crippen LogP contribution in [0.15, 0.2) is 15.4 Å². The lowest BCUT2D eigenvalue weighted by Crippen LogP contribution is -2.46. The standard InChI is InChI=1S/C12H20N2O5S2/c1-9-11(6-10(19-9)7-13-3)21(17,18)14-12(2)4-5-20(15,16)8-12/h6,13-14H,4-5,7-8H2,1-3H3. The van der Waals surface area contributed by atoms with Crippen LogP contribution < -0.4 is 10.0 Å². The predicted molar refractivity (Wildman–Crippen MR) is 78.2 cm³/mol. The SMILES string of the molecule is CNCc1cc(S(=O)(=O)NC2(C)CCS(=O)(=O)C2)c(C)o1. The smallest absolute Gasteiger partial charge is 0.244 e. The zero-order chi connectivity index (χ0) is 15.9. The molecule has 0 radical (unpaired) electrons. The second-order valence-corrected chi connectivity index (χ2v) is 9.51. The van der Waals surface area contributed by atoms with Crippen molar-refractivity contribution in [2.24, 2.45) is 0 Å². The summed E-state index contributed by atoms with van der Waals surface area (Å²) in [6.07, 6.45) is 0.273. The molecule has 1 aliphatic rings. The molecule has 1 unspecified atom stereocenters. The van der Waals surface area contributed by atoms with E-state index in [-0.39, 0.29) is 28.6 Å². The Balaban J connectivity index is 2.27. The fraction of sp³-hybridized carbons (Fsp3) is 0.667. The zero-order valence-corrected chi connectivity index (χ0v) is 13.9. The fourth-order valence-electron chi connectivity index (χ4n) is 2.52. The van der Waals surface area contributed by atoms with Gasteiger partial charge < -0.3 is 9.73 Å². The molecule has 1 atom stereocenters. The monoisotopic (exact) mass is 336 g/mol. The Morgan fingerprint density at radius 1 is 1.43 bits per heavy atom. The van der Waals surface area contributed by atoms with Crippen LogP contribution in [0, 0.1) is 6.92 Å². The highest BCUT2D eigenvalue weighted by atomic mass is 32.2. The molecule has 1 aromatic rings. The molecule has 0 bridgehead atoms. The Labute approximate surface area is 125 Å². The van der Waals surface area contributed by atoms with Crippen LogP contribution in [0.25, 0.3) is 0 Å². The molecule has 0 spiro atoms. The molecule has 0 aliphatic carbocycles. The number of furan rings is 1. The van der Waals surface area contributed by atoms with Crippen molar-refractivity contribution >= 4 is 19.9 Å². The maximum atomic E-state index is 12.5. The number of rotatable bonds is 5. The summed E-state index contributed by atoms with van der Waals surface area (Å²) < 4.78 is 55.9. The summed E-state index contributed by atoms with van der Waals surface area (Å²) in [5.41, 5.74) is -0.968. The Bertz CT molecular complexity index is 736. The molecule has 7 nitrogen and oxygen atoms in total. The molecule has 0 amide bonds. The lowest BCUT2D eigenvalue weighted by molar-refractivity contribution is 0.454. The molecule has 21 heavy (non-hydrogen) atoms. The molecule has 9 heteroatoms. The van der Waals surface area contributed by atoms with Crippen molar-refractivity contribution in [1.82, 2.24) is 10.0 Å². The van der Waals surface area contributed by atoms with Gasteiger partial charge in [-0.2, -0.15) is 0 Å². The van der Waals surface area contributed by atoms with Crippen molar-refractivity contribution in [2.75, 3.05) is 18.6 Å². The van der Waals surface area contributed by atoms with E-state index in [9.17, 15) is 16.8 Å². The van der Waals surface area contributed by atoms with E-state index < -0.39 is 25.4 Å². The Morgan fingerprint density at radius 3 is 2.62 bits per heavy atom. The molecule has 0 saturated carbocycles. The summed E-state index contributed by atoms with van der Waals surface area (Å²) in [7, 11) is -5.27. The van der Waals surface area contributed by atoms with Gasteiger partial charge in [-0.15, -0.1) is 0 Å². The van der Waals surface area contributed by atoms with Gasteiger partial charge in [-0.25, -0.2) is 21.6 Å². The first-order valence-electron chi connectivity index (χ1n) is 6.55. The molecule has 1 aliphatic heterocycles. The Morgan fingerprint density at radius 2 is 2.10 bits per heavy atom. The van der Waals surface area contributed by atoms with Crippen LogP contribution in [0.2, 0.25) is 0 Å². The van der Waals surface area contributed by atoms with Gasteiger partial charge in [-0.1, -0.05) is 0 Å². The molecular weight excluding hydrogens is 316 g/mol. The van der Waals surface area contributed by atoms with E-state index in [4.69, 9.17) is 4.42 Å². The first-order valence-corrected chi connectivity index (χ1v) is 9.86. The summed E-state index contributed by atoms with van der Waals surface area (Å²) in [4.78, 5) is 0.0540. The largest absolute Gasteiger partial charge is 0.464 e. The molecule has 1 fully saturated rings. The first-order chi connectivity index (χ1) is 9.57. The van der Waals surface area contributed by atoms with E-state index in [1.165, 1.54) is 6.07 Å². The van der Waals surface area contributed by atoms with Crippen LogP contribution in [-0.2, 0) is 26.4 Å². The number of nitrogens with one attached hydrogen (secondary N) is 2. The second kappa shape index (κ2) is 5.38. The summed E-state index contributed by atoms with van der Waals surface area (Å²) >= 11 is 0. The molecule has 120 valence electrons. The third kappa shape index (κ3) is 3.65. The lowest BCUT2D eigenvalue weighted by Gasteiger charge is -2.23. The molecule has 0 aromatic carbocycles. The van der Waals surface area contributed by atoms with Gasteiger partial charge in [0, 0.05) is 11.6 Å².